The van der Waals surface area contributed by atoms with Gasteiger partial charge in [-0.15, -0.1) is 10.2 Å². The lowest BCUT2D eigenvalue weighted by molar-refractivity contribution is -0.142. The van der Waals surface area contributed by atoms with Crippen LogP contribution in [0.2, 0.25) is 0 Å². The lowest BCUT2D eigenvalue weighted by atomic mass is 9.63. The van der Waals surface area contributed by atoms with Crippen molar-refractivity contribution >= 4 is 11.6 Å². The van der Waals surface area contributed by atoms with E-state index in [0.717, 1.165) is 62.2 Å². The number of pyridine rings is 1. The van der Waals surface area contributed by atoms with Crippen LogP contribution < -0.4 is 0 Å². The Morgan fingerprint density at radius 2 is 1.79 bits per heavy atom. The third kappa shape index (κ3) is 2.70. The van der Waals surface area contributed by atoms with Crippen LogP contribution in [0.5, 0.6) is 0 Å². The van der Waals surface area contributed by atoms with Gasteiger partial charge in [0.15, 0.2) is 5.65 Å². The number of aromatic nitrogens is 3. The molecule has 0 radical (unpaired) electrons. The van der Waals surface area contributed by atoms with E-state index in [9.17, 15) is 9.18 Å². The van der Waals surface area contributed by atoms with E-state index in [1.807, 2.05) is 33.7 Å². The van der Waals surface area contributed by atoms with Crippen molar-refractivity contribution in [2.75, 3.05) is 13.1 Å². The smallest absolute Gasteiger partial charge is 0.233 e. The first-order chi connectivity index (χ1) is 13.7. The fourth-order valence-electron chi connectivity index (χ4n) is 4.71. The van der Waals surface area contributed by atoms with Gasteiger partial charge in [-0.1, -0.05) is 24.6 Å². The summed E-state index contributed by atoms with van der Waals surface area (Å²) >= 11 is 0. The third-order valence-electron chi connectivity index (χ3n) is 6.50. The summed E-state index contributed by atoms with van der Waals surface area (Å²) in [6, 6.07) is 12.4. The van der Waals surface area contributed by atoms with Crippen molar-refractivity contribution in [2.45, 2.75) is 43.4 Å². The van der Waals surface area contributed by atoms with Gasteiger partial charge in [0.25, 0.3) is 0 Å². The van der Waals surface area contributed by atoms with Crippen molar-refractivity contribution in [2.24, 2.45) is 0 Å². The second-order valence-corrected chi connectivity index (χ2v) is 8.00. The standard InChI is InChI=1S/C22H23FN4O/c23-18-7-5-17(6-8-18)22(11-3-12-22)21(28)26-14-9-16(10-15-26)20-25-24-19-4-1-2-13-27(19)20/h1-2,4-8,13,16H,3,9-12,14-15H2. The molecule has 1 amide bonds. The molecule has 2 aliphatic rings. The molecule has 1 aliphatic carbocycles. The van der Waals surface area contributed by atoms with Gasteiger partial charge in [-0.2, -0.15) is 0 Å². The molecule has 1 aromatic carbocycles. The monoisotopic (exact) mass is 378 g/mol. The average molecular weight is 378 g/mol. The van der Waals surface area contributed by atoms with Gasteiger partial charge in [-0.05, 0) is 55.5 Å². The Morgan fingerprint density at radius 1 is 1.04 bits per heavy atom. The first-order valence-electron chi connectivity index (χ1n) is 10.0. The van der Waals surface area contributed by atoms with Crippen LogP contribution in [0.15, 0.2) is 48.7 Å². The molecular weight excluding hydrogens is 355 g/mol. The zero-order valence-electron chi connectivity index (χ0n) is 15.7. The van der Waals surface area contributed by atoms with Crippen molar-refractivity contribution in [1.29, 1.82) is 0 Å². The van der Waals surface area contributed by atoms with Crippen molar-refractivity contribution in [3.8, 4) is 0 Å². The van der Waals surface area contributed by atoms with Gasteiger partial charge in [0.1, 0.15) is 11.6 Å². The summed E-state index contributed by atoms with van der Waals surface area (Å²) < 4.78 is 15.4. The minimum atomic E-state index is -0.456. The van der Waals surface area contributed by atoms with E-state index in [1.54, 1.807) is 12.1 Å². The lowest BCUT2D eigenvalue weighted by Gasteiger charge is -2.45. The number of piperidine rings is 1. The molecule has 5 nitrogen and oxygen atoms in total. The van der Waals surface area contributed by atoms with Crippen LogP contribution in [-0.2, 0) is 10.2 Å². The molecular formula is C22H23FN4O. The molecule has 2 fully saturated rings. The van der Waals surface area contributed by atoms with Crippen LogP contribution >= 0.6 is 0 Å². The Balaban J connectivity index is 1.32. The van der Waals surface area contributed by atoms with E-state index >= 15 is 0 Å². The van der Waals surface area contributed by atoms with Gasteiger partial charge in [-0.25, -0.2) is 4.39 Å². The summed E-state index contributed by atoms with van der Waals surface area (Å²) in [5.74, 6) is 1.24. The number of rotatable bonds is 3. The number of benzene rings is 1. The Hall–Kier alpha value is -2.76. The van der Waals surface area contributed by atoms with Crippen molar-refractivity contribution in [3.63, 3.8) is 0 Å². The highest BCUT2D eigenvalue weighted by atomic mass is 19.1. The van der Waals surface area contributed by atoms with Gasteiger partial charge in [-0.3, -0.25) is 9.20 Å². The Morgan fingerprint density at radius 3 is 2.46 bits per heavy atom. The number of fused-ring (bicyclic) bond motifs is 1. The number of amides is 1. The van der Waals surface area contributed by atoms with Crippen LogP contribution in [-0.4, -0.2) is 38.5 Å². The van der Waals surface area contributed by atoms with E-state index in [-0.39, 0.29) is 11.7 Å². The molecule has 0 N–H and O–H groups in total. The molecule has 1 saturated heterocycles. The summed E-state index contributed by atoms with van der Waals surface area (Å²) in [5.41, 5.74) is 1.36. The van der Waals surface area contributed by atoms with Gasteiger partial charge < -0.3 is 4.90 Å². The maximum absolute atomic E-state index is 13.4. The molecule has 5 rings (SSSR count). The predicted molar refractivity (Wildman–Crippen MR) is 103 cm³/mol. The summed E-state index contributed by atoms with van der Waals surface area (Å²) in [6.07, 6.45) is 6.53. The van der Waals surface area contributed by atoms with E-state index in [2.05, 4.69) is 10.2 Å². The van der Waals surface area contributed by atoms with Crippen molar-refractivity contribution in [3.05, 3.63) is 65.9 Å². The van der Waals surface area contributed by atoms with Gasteiger partial charge >= 0.3 is 0 Å². The Labute approximate surface area is 163 Å². The van der Waals surface area contributed by atoms with Crippen LogP contribution in [0.1, 0.15) is 49.4 Å². The third-order valence-corrected chi connectivity index (χ3v) is 6.50. The number of nitrogens with zero attached hydrogens (tertiary/aromatic N) is 4. The maximum Gasteiger partial charge on any atom is 0.233 e. The van der Waals surface area contributed by atoms with E-state index < -0.39 is 5.41 Å². The Kier molecular flexibility index (Phi) is 4.14. The minimum absolute atomic E-state index is 0.204. The number of hydrogen-bond acceptors (Lipinski definition) is 3. The first-order valence-corrected chi connectivity index (χ1v) is 10.0. The average Bonchev–Trinajstić information content (AvgIpc) is 3.13. The van der Waals surface area contributed by atoms with Crippen LogP contribution in [0.4, 0.5) is 4.39 Å². The molecule has 0 spiro atoms. The zero-order chi connectivity index (χ0) is 19.1. The molecule has 28 heavy (non-hydrogen) atoms. The summed E-state index contributed by atoms with van der Waals surface area (Å²) in [4.78, 5) is 15.4. The summed E-state index contributed by atoms with van der Waals surface area (Å²) in [5, 5.41) is 8.65. The first kappa shape index (κ1) is 17.3. The summed E-state index contributed by atoms with van der Waals surface area (Å²) in [6.45, 7) is 1.46. The normalized spacial score (nSPS) is 19.5. The van der Waals surface area contributed by atoms with Crippen LogP contribution in [0.25, 0.3) is 5.65 Å². The highest BCUT2D eigenvalue weighted by molar-refractivity contribution is 5.89. The second-order valence-electron chi connectivity index (χ2n) is 8.00. The summed E-state index contributed by atoms with van der Waals surface area (Å²) in [7, 11) is 0. The highest BCUT2D eigenvalue weighted by Gasteiger charge is 2.48. The number of likely N-dealkylation sites (tertiary alicyclic amines) is 1. The molecule has 1 saturated carbocycles. The molecule has 3 heterocycles. The van der Waals surface area contributed by atoms with Crippen LogP contribution in [0, 0.1) is 5.82 Å². The van der Waals surface area contributed by atoms with E-state index in [1.165, 1.54) is 12.1 Å². The fourth-order valence-corrected chi connectivity index (χ4v) is 4.71. The van der Waals surface area contributed by atoms with Gasteiger partial charge in [0.05, 0.1) is 5.41 Å². The predicted octanol–water partition coefficient (Wildman–Crippen LogP) is 3.70. The number of hydrogen-bond donors (Lipinski definition) is 0. The number of carbonyl (C=O) groups excluding carboxylic acids is 1. The van der Waals surface area contributed by atoms with Crippen molar-refractivity contribution < 1.29 is 9.18 Å². The number of carbonyl (C=O) groups is 1. The van der Waals surface area contributed by atoms with Gasteiger partial charge in [0.2, 0.25) is 5.91 Å². The maximum atomic E-state index is 13.4. The second kappa shape index (κ2) is 6.69. The van der Waals surface area contributed by atoms with Crippen LogP contribution in [0.3, 0.4) is 0 Å². The fraction of sp³-hybridized carbons (Fsp3) is 0.409. The largest absolute Gasteiger partial charge is 0.342 e. The molecule has 0 bridgehead atoms. The Bertz CT molecular complexity index is 1000. The highest BCUT2D eigenvalue weighted by Crippen LogP contribution is 2.46. The molecule has 3 aromatic rings. The number of halogens is 1. The molecule has 2 aromatic heterocycles. The van der Waals surface area contributed by atoms with Crippen molar-refractivity contribution in [1.82, 2.24) is 19.5 Å². The molecule has 6 heteroatoms. The minimum Gasteiger partial charge on any atom is -0.342 e. The molecule has 0 unspecified atom stereocenters. The quantitative estimate of drug-likeness (QED) is 0.698. The van der Waals surface area contributed by atoms with E-state index in [4.69, 9.17) is 0 Å². The van der Waals surface area contributed by atoms with E-state index in [0.29, 0.717) is 5.92 Å². The van der Waals surface area contributed by atoms with Gasteiger partial charge in [0, 0.05) is 25.2 Å². The SMILES string of the molecule is O=C(N1CCC(c2nnc3ccccn23)CC1)C1(c2ccc(F)cc2)CCC1. The molecule has 144 valence electrons. The zero-order valence-corrected chi connectivity index (χ0v) is 15.7. The molecule has 1 aliphatic heterocycles. The molecule has 0 atom stereocenters. The topological polar surface area (TPSA) is 50.5 Å². The lowest BCUT2D eigenvalue weighted by Crippen LogP contribution is -2.53.